The largest absolute Gasteiger partial charge is 0.314 e. The Labute approximate surface area is 126 Å². The third-order valence-corrected chi connectivity index (χ3v) is 3.81. The zero-order valence-electron chi connectivity index (χ0n) is 12.4. The monoisotopic (exact) mass is 298 g/mol. The first-order valence-electron chi connectivity index (χ1n) is 7.04. The Morgan fingerprint density at radius 2 is 0.944 bits per heavy atom. The van der Waals surface area contributed by atoms with Crippen molar-refractivity contribution in [2.45, 2.75) is 65.5 Å². The first-order chi connectivity index (χ1) is 7.58. The summed E-state index contributed by atoms with van der Waals surface area (Å²) < 4.78 is 0. The van der Waals surface area contributed by atoms with Crippen LogP contribution in [0.4, 0.5) is 0 Å². The molecule has 0 spiro atoms. The second-order valence-electron chi connectivity index (χ2n) is 5.98. The molecule has 2 N–H and O–H groups in total. The Balaban J connectivity index is 0. The molecule has 2 rings (SSSR count). The lowest BCUT2D eigenvalue weighted by Gasteiger charge is -2.24. The van der Waals surface area contributed by atoms with Crippen LogP contribution in [0.15, 0.2) is 0 Å². The molecule has 0 radical (unpaired) electrons. The van der Waals surface area contributed by atoms with E-state index in [2.05, 4.69) is 38.3 Å². The molecular weight excluding hydrogens is 267 g/mol. The summed E-state index contributed by atoms with van der Waals surface area (Å²) in [5.74, 6) is 1.82. The number of hydrogen-bond donors (Lipinski definition) is 2. The molecule has 0 aromatic carbocycles. The van der Waals surface area contributed by atoms with E-state index in [9.17, 15) is 0 Å². The van der Waals surface area contributed by atoms with Gasteiger partial charge in [-0.3, -0.25) is 0 Å². The van der Waals surface area contributed by atoms with Crippen molar-refractivity contribution in [1.29, 1.82) is 0 Å². The van der Waals surface area contributed by atoms with Gasteiger partial charge in [-0.05, 0) is 64.5 Å². The predicted molar refractivity (Wildman–Crippen MR) is 86.2 cm³/mol. The molecule has 112 valence electrons. The van der Waals surface area contributed by atoms with Crippen LogP contribution in [0.25, 0.3) is 0 Å². The van der Waals surface area contributed by atoms with E-state index in [0.717, 1.165) is 23.9 Å². The molecule has 4 unspecified atom stereocenters. The first kappa shape index (κ1) is 20.8. The molecule has 0 aromatic heterocycles. The van der Waals surface area contributed by atoms with Gasteiger partial charge in [-0.1, -0.05) is 13.8 Å². The average Bonchev–Trinajstić information content (AvgIpc) is 2.28. The number of rotatable bonds is 0. The third kappa shape index (κ3) is 9.43. The fourth-order valence-electron chi connectivity index (χ4n) is 2.28. The summed E-state index contributed by atoms with van der Waals surface area (Å²) in [5.41, 5.74) is 0. The van der Waals surface area contributed by atoms with Crippen molar-refractivity contribution >= 4 is 24.8 Å². The Kier molecular flexibility index (Phi) is 13.1. The van der Waals surface area contributed by atoms with Crippen molar-refractivity contribution in [2.24, 2.45) is 11.8 Å². The second-order valence-corrected chi connectivity index (χ2v) is 5.98. The molecule has 0 saturated carbocycles. The van der Waals surface area contributed by atoms with Crippen LogP contribution in [-0.4, -0.2) is 25.2 Å². The third-order valence-electron chi connectivity index (χ3n) is 3.81. The molecule has 18 heavy (non-hydrogen) atoms. The summed E-state index contributed by atoms with van der Waals surface area (Å²) in [4.78, 5) is 0. The average molecular weight is 299 g/mol. The van der Waals surface area contributed by atoms with Crippen molar-refractivity contribution in [3.05, 3.63) is 0 Å². The molecule has 2 fully saturated rings. The fourth-order valence-corrected chi connectivity index (χ4v) is 2.28. The number of nitrogens with one attached hydrogen (secondary N) is 2. The number of halogens is 2. The molecule has 2 aliphatic rings. The number of hydrogen-bond acceptors (Lipinski definition) is 2. The Hall–Kier alpha value is 0.500. The van der Waals surface area contributed by atoms with Gasteiger partial charge in [-0.2, -0.15) is 0 Å². The van der Waals surface area contributed by atoms with Crippen LogP contribution < -0.4 is 10.6 Å². The number of piperidine rings is 2. The summed E-state index contributed by atoms with van der Waals surface area (Å²) in [6.45, 7) is 11.6. The Morgan fingerprint density at radius 1 is 0.611 bits per heavy atom. The topological polar surface area (TPSA) is 24.1 Å². The summed E-state index contributed by atoms with van der Waals surface area (Å²) in [6.07, 6.45) is 5.55. The van der Waals surface area contributed by atoms with E-state index in [-0.39, 0.29) is 24.8 Å². The minimum absolute atomic E-state index is 0. The maximum absolute atomic E-state index is 3.43. The molecule has 4 atom stereocenters. The van der Waals surface area contributed by atoms with E-state index in [1.54, 1.807) is 0 Å². The summed E-state index contributed by atoms with van der Waals surface area (Å²) in [5, 5.41) is 6.86. The summed E-state index contributed by atoms with van der Waals surface area (Å²) in [7, 11) is 0. The van der Waals surface area contributed by atoms with E-state index in [1.165, 1.54) is 38.8 Å². The lowest BCUT2D eigenvalue weighted by atomic mass is 9.98. The van der Waals surface area contributed by atoms with Crippen LogP contribution in [0.2, 0.25) is 0 Å². The molecule has 2 nitrogen and oxygen atoms in total. The van der Waals surface area contributed by atoms with Crippen molar-refractivity contribution < 1.29 is 0 Å². The van der Waals surface area contributed by atoms with Crippen LogP contribution in [0, 0.1) is 11.8 Å². The van der Waals surface area contributed by atoms with E-state index in [1.807, 2.05) is 0 Å². The standard InChI is InChI=1S/2C7H15N.2ClH/c2*1-6-3-4-7(2)8-5-6;;/h2*6-8H,3-5H2,1-2H3;2*1H. The van der Waals surface area contributed by atoms with Gasteiger partial charge in [0.15, 0.2) is 0 Å². The van der Waals surface area contributed by atoms with Gasteiger partial charge in [0.25, 0.3) is 0 Å². The highest BCUT2D eigenvalue weighted by molar-refractivity contribution is 5.85. The van der Waals surface area contributed by atoms with Gasteiger partial charge in [-0.15, -0.1) is 24.8 Å². The van der Waals surface area contributed by atoms with Crippen LogP contribution in [0.1, 0.15) is 53.4 Å². The molecule has 4 heteroatoms. The van der Waals surface area contributed by atoms with Gasteiger partial charge in [-0.25, -0.2) is 0 Å². The highest BCUT2D eigenvalue weighted by atomic mass is 35.5. The van der Waals surface area contributed by atoms with E-state index in [0.29, 0.717) is 0 Å². The van der Waals surface area contributed by atoms with Crippen molar-refractivity contribution in [3.63, 3.8) is 0 Å². The fraction of sp³-hybridized carbons (Fsp3) is 1.00. The predicted octanol–water partition coefficient (Wildman–Crippen LogP) is 3.63. The molecule has 2 saturated heterocycles. The van der Waals surface area contributed by atoms with Crippen molar-refractivity contribution in [2.75, 3.05) is 13.1 Å². The lowest BCUT2D eigenvalue weighted by Crippen LogP contribution is -2.35. The van der Waals surface area contributed by atoms with Crippen molar-refractivity contribution in [3.8, 4) is 0 Å². The summed E-state index contributed by atoms with van der Waals surface area (Å²) >= 11 is 0. The Bertz CT molecular complexity index is 135. The zero-order chi connectivity index (χ0) is 12.0. The molecule has 2 aliphatic heterocycles. The molecule has 0 aliphatic carbocycles. The molecule has 0 aromatic rings. The van der Waals surface area contributed by atoms with Crippen molar-refractivity contribution in [1.82, 2.24) is 10.6 Å². The zero-order valence-corrected chi connectivity index (χ0v) is 14.0. The van der Waals surface area contributed by atoms with Gasteiger partial charge in [0.2, 0.25) is 0 Å². The van der Waals surface area contributed by atoms with E-state index < -0.39 is 0 Å². The minimum atomic E-state index is 0. The SMILES string of the molecule is CC1CCC(C)NC1.CC1CCC(C)NC1.Cl.Cl. The van der Waals surface area contributed by atoms with E-state index in [4.69, 9.17) is 0 Å². The molecule has 2 heterocycles. The van der Waals surface area contributed by atoms with Gasteiger partial charge in [0.05, 0.1) is 0 Å². The highest BCUT2D eigenvalue weighted by Gasteiger charge is 2.12. The van der Waals surface area contributed by atoms with Crippen LogP contribution in [-0.2, 0) is 0 Å². The highest BCUT2D eigenvalue weighted by Crippen LogP contribution is 2.12. The van der Waals surface area contributed by atoms with Gasteiger partial charge >= 0.3 is 0 Å². The maximum Gasteiger partial charge on any atom is 0.00389 e. The van der Waals surface area contributed by atoms with Crippen LogP contribution in [0.5, 0.6) is 0 Å². The minimum Gasteiger partial charge on any atom is -0.314 e. The first-order valence-corrected chi connectivity index (χ1v) is 7.04. The second kappa shape index (κ2) is 11.3. The van der Waals surface area contributed by atoms with Gasteiger partial charge < -0.3 is 10.6 Å². The van der Waals surface area contributed by atoms with Gasteiger partial charge in [0.1, 0.15) is 0 Å². The smallest absolute Gasteiger partial charge is 0.00389 e. The molecule has 0 amide bonds. The lowest BCUT2D eigenvalue weighted by molar-refractivity contribution is 0.343. The van der Waals surface area contributed by atoms with Crippen LogP contribution >= 0.6 is 24.8 Å². The van der Waals surface area contributed by atoms with Gasteiger partial charge in [0, 0.05) is 12.1 Å². The van der Waals surface area contributed by atoms with Crippen LogP contribution in [0.3, 0.4) is 0 Å². The quantitative estimate of drug-likeness (QED) is 0.714. The normalized spacial score (nSPS) is 35.3. The molecular formula is C14H32Cl2N2. The maximum atomic E-state index is 3.43. The van der Waals surface area contributed by atoms with E-state index >= 15 is 0 Å². The Morgan fingerprint density at radius 3 is 1.11 bits per heavy atom. The summed E-state index contributed by atoms with van der Waals surface area (Å²) in [6, 6.07) is 1.54. The molecule has 0 bridgehead atoms.